The van der Waals surface area contributed by atoms with E-state index in [4.69, 9.17) is 9.57 Å². The molecule has 1 aliphatic rings. The smallest absolute Gasteiger partial charge is 0.342 e. The second-order valence-corrected chi connectivity index (χ2v) is 6.77. The molecule has 0 fully saturated rings. The lowest BCUT2D eigenvalue weighted by atomic mass is 9.99. The molecule has 6 heteroatoms. The number of nitrogens with one attached hydrogen (secondary N) is 2. The Balaban J connectivity index is 1.76. The molecule has 1 unspecified atom stereocenters. The van der Waals surface area contributed by atoms with Crippen molar-refractivity contribution in [3.63, 3.8) is 0 Å². The molecule has 27 heavy (non-hydrogen) atoms. The molecule has 2 atom stereocenters. The maximum Gasteiger partial charge on any atom is 0.342 e. The summed E-state index contributed by atoms with van der Waals surface area (Å²) in [5, 5.41) is 5.12. The van der Waals surface area contributed by atoms with Gasteiger partial charge in [-0.2, -0.15) is 0 Å². The molecule has 0 radical (unpaired) electrons. The maximum absolute atomic E-state index is 12.8. The molecular formula is C21H24N2O4. The summed E-state index contributed by atoms with van der Waals surface area (Å²) < 4.78 is 4.97. The highest BCUT2D eigenvalue weighted by atomic mass is 16.7. The van der Waals surface area contributed by atoms with Gasteiger partial charge in [0.05, 0.1) is 18.3 Å². The third-order valence-electron chi connectivity index (χ3n) is 4.45. The molecule has 2 aromatic rings. The zero-order valence-electron chi connectivity index (χ0n) is 15.7. The van der Waals surface area contributed by atoms with E-state index >= 15 is 0 Å². The minimum atomic E-state index is -0.807. The molecule has 2 N–H and O–H groups in total. The Hall–Kier alpha value is -2.86. The zero-order chi connectivity index (χ0) is 19.4. The number of fused-ring (bicyclic) bond motifs is 1. The van der Waals surface area contributed by atoms with Crippen molar-refractivity contribution in [2.24, 2.45) is 5.92 Å². The van der Waals surface area contributed by atoms with E-state index in [0.717, 1.165) is 10.8 Å². The lowest BCUT2D eigenvalue weighted by molar-refractivity contribution is -0.155. The van der Waals surface area contributed by atoms with Crippen LogP contribution >= 0.6 is 0 Å². The molecule has 3 rings (SSSR count). The van der Waals surface area contributed by atoms with Gasteiger partial charge in [-0.25, -0.2) is 4.79 Å². The van der Waals surface area contributed by atoms with Crippen LogP contribution in [0.25, 0.3) is 10.8 Å². The Morgan fingerprint density at radius 2 is 1.93 bits per heavy atom. The molecule has 0 aromatic heterocycles. The van der Waals surface area contributed by atoms with Crippen LogP contribution < -0.4 is 10.8 Å². The molecule has 2 aromatic carbocycles. The number of carbonyl (C=O) groups excluding carboxylic acids is 2. The number of amides is 1. The van der Waals surface area contributed by atoms with Gasteiger partial charge >= 0.3 is 5.97 Å². The maximum atomic E-state index is 12.8. The van der Waals surface area contributed by atoms with Crippen molar-refractivity contribution < 1.29 is 19.2 Å². The van der Waals surface area contributed by atoms with Crippen LogP contribution in [0.15, 0.2) is 54.2 Å². The summed E-state index contributed by atoms with van der Waals surface area (Å²) in [4.78, 5) is 29.9. The lowest BCUT2D eigenvalue weighted by Crippen LogP contribution is -2.42. The molecule has 1 heterocycles. The van der Waals surface area contributed by atoms with Gasteiger partial charge in [0.1, 0.15) is 0 Å². The number of ether oxygens (including phenoxy) is 1. The normalized spacial score (nSPS) is 17.3. The summed E-state index contributed by atoms with van der Waals surface area (Å²) in [6.45, 7) is 6.01. The SMILES string of the molecule is CCOC(=O)C1C=C([C@@H](NC(=O)c2ccc3ccccc3c2)C(C)C)NO1. The van der Waals surface area contributed by atoms with Gasteiger partial charge in [0, 0.05) is 5.56 Å². The first-order chi connectivity index (χ1) is 13.0. The summed E-state index contributed by atoms with van der Waals surface area (Å²) in [5.41, 5.74) is 3.99. The van der Waals surface area contributed by atoms with Crippen LogP contribution in [0.1, 0.15) is 31.1 Å². The summed E-state index contributed by atoms with van der Waals surface area (Å²) in [5.74, 6) is -0.539. The predicted molar refractivity (Wildman–Crippen MR) is 103 cm³/mol. The molecule has 1 amide bonds. The summed E-state index contributed by atoms with van der Waals surface area (Å²) in [7, 11) is 0. The first-order valence-electron chi connectivity index (χ1n) is 9.09. The second-order valence-electron chi connectivity index (χ2n) is 6.77. The minimum absolute atomic E-state index is 0.0951. The van der Waals surface area contributed by atoms with Crippen LogP contribution in [0.2, 0.25) is 0 Å². The van der Waals surface area contributed by atoms with E-state index < -0.39 is 12.1 Å². The van der Waals surface area contributed by atoms with Crippen molar-refractivity contribution >= 4 is 22.6 Å². The Bertz CT molecular complexity index is 875. The van der Waals surface area contributed by atoms with E-state index in [9.17, 15) is 9.59 Å². The lowest BCUT2D eigenvalue weighted by Gasteiger charge is -2.23. The first kappa shape index (κ1) is 18.9. The van der Waals surface area contributed by atoms with Gasteiger partial charge < -0.3 is 10.1 Å². The van der Waals surface area contributed by atoms with Crippen molar-refractivity contribution in [2.75, 3.05) is 6.61 Å². The molecule has 0 bridgehead atoms. The predicted octanol–water partition coefficient (Wildman–Crippen LogP) is 2.94. The van der Waals surface area contributed by atoms with Gasteiger partial charge in [-0.05, 0) is 41.8 Å². The topological polar surface area (TPSA) is 76.7 Å². The van der Waals surface area contributed by atoms with Crippen LogP contribution in [0.5, 0.6) is 0 Å². The molecule has 0 aliphatic carbocycles. The molecule has 0 spiro atoms. The van der Waals surface area contributed by atoms with Crippen molar-refractivity contribution in [1.29, 1.82) is 0 Å². The molecule has 1 aliphatic heterocycles. The highest BCUT2D eigenvalue weighted by Gasteiger charge is 2.31. The largest absolute Gasteiger partial charge is 0.464 e. The van der Waals surface area contributed by atoms with Crippen molar-refractivity contribution in [3.05, 3.63) is 59.8 Å². The fourth-order valence-electron chi connectivity index (χ4n) is 3.03. The summed E-state index contributed by atoms with van der Waals surface area (Å²) in [6.07, 6.45) is 0.849. The Kier molecular flexibility index (Phi) is 5.76. The fraction of sp³-hybridized carbons (Fsp3) is 0.333. The van der Waals surface area contributed by atoms with Crippen LogP contribution in [0, 0.1) is 5.92 Å². The number of hydroxylamine groups is 1. The number of hydrogen-bond acceptors (Lipinski definition) is 5. The average Bonchev–Trinajstić information content (AvgIpc) is 3.15. The second kappa shape index (κ2) is 8.22. The molecule has 6 nitrogen and oxygen atoms in total. The highest BCUT2D eigenvalue weighted by Crippen LogP contribution is 2.19. The van der Waals surface area contributed by atoms with Gasteiger partial charge in [-0.15, -0.1) is 0 Å². The minimum Gasteiger partial charge on any atom is -0.464 e. The Labute approximate surface area is 158 Å². The quantitative estimate of drug-likeness (QED) is 0.767. The standard InChI is InChI=1S/C21H24N2O4/c1-4-26-21(25)18-12-17(23-27-18)19(13(2)3)22-20(24)16-10-9-14-7-5-6-8-15(14)11-16/h5-13,18-19,23H,4H2,1-3H3,(H,22,24)/t18?,19-/m0/s1. The van der Waals surface area contributed by atoms with Gasteiger partial charge in [0.25, 0.3) is 5.91 Å². The van der Waals surface area contributed by atoms with E-state index in [1.807, 2.05) is 56.3 Å². The third-order valence-corrected chi connectivity index (χ3v) is 4.45. The number of carbonyl (C=O) groups is 2. The molecular weight excluding hydrogens is 344 g/mol. The number of rotatable bonds is 6. The number of benzene rings is 2. The number of hydrogen-bond donors (Lipinski definition) is 2. The fourth-order valence-corrected chi connectivity index (χ4v) is 3.03. The van der Waals surface area contributed by atoms with Crippen molar-refractivity contribution in [2.45, 2.75) is 32.9 Å². The summed E-state index contributed by atoms with van der Waals surface area (Å²) >= 11 is 0. The van der Waals surface area contributed by atoms with Gasteiger partial charge in [0.2, 0.25) is 6.10 Å². The number of esters is 1. The van der Waals surface area contributed by atoms with Crippen molar-refractivity contribution in [1.82, 2.24) is 10.8 Å². The Morgan fingerprint density at radius 3 is 2.63 bits per heavy atom. The molecule has 142 valence electrons. The van der Waals surface area contributed by atoms with E-state index in [1.165, 1.54) is 0 Å². The van der Waals surface area contributed by atoms with Crippen LogP contribution in [-0.2, 0) is 14.4 Å². The van der Waals surface area contributed by atoms with Crippen molar-refractivity contribution in [3.8, 4) is 0 Å². The monoisotopic (exact) mass is 368 g/mol. The van der Waals surface area contributed by atoms with Crippen LogP contribution in [0.3, 0.4) is 0 Å². The van der Waals surface area contributed by atoms with Gasteiger partial charge in [0.15, 0.2) is 0 Å². The zero-order valence-corrected chi connectivity index (χ0v) is 15.7. The highest BCUT2D eigenvalue weighted by molar-refractivity contribution is 5.98. The third kappa shape index (κ3) is 4.28. The van der Waals surface area contributed by atoms with E-state index in [1.54, 1.807) is 13.0 Å². The first-order valence-corrected chi connectivity index (χ1v) is 9.09. The molecule has 0 saturated carbocycles. The van der Waals surface area contributed by atoms with E-state index in [2.05, 4.69) is 10.8 Å². The van der Waals surface area contributed by atoms with Gasteiger partial charge in [-0.1, -0.05) is 44.2 Å². The molecule has 0 saturated heterocycles. The van der Waals surface area contributed by atoms with E-state index in [0.29, 0.717) is 11.3 Å². The summed E-state index contributed by atoms with van der Waals surface area (Å²) in [6, 6.07) is 13.2. The van der Waals surface area contributed by atoms with Gasteiger partial charge in [-0.3, -0.25) is 15.1 Å². The van der Waals surface area contributed by atoms with Crippen LogP contribution in [0.4, 0.5) is 0 Å². The Morgan fingerprint density at radius 1 is 1.19 bits per heavy atom. The van der Waals surface area contributed by atoms with E-state index in [-0.39, 0.29) is 24.5 Å². The average molecular weight is 368 g/mol. The van der Waals surface area contributed by atoms with Crippen LogP contribution in [-0.4, -0.2) is 30.6 Å².